The normalized spacial score (nSPS) is 18.7. The molecule has 0 atom stereocenters. The standard InChI is InChI=1S/C14H19NO2S/c1-14(2)10-15(7-8-17-14)13(16)9-11-3-5-12(18)6-4-11/h3-6,18H,7-10H2,1-2H3. The molecule has 1 amide bonds. The number of thiol groups is 1. The van der Waals surface area contributed by atoms with Crippen molar-refractivity contribution in [2.24, 2.45) is 0 Å². The lowest BCUT2D eigenvalue weighted by molar-refractivity contribution is -0.145. The van der Waals surface area contributed by atoms with E-state index >= 15 is 0 Å². The van der Waals surface area contributed by atoms with Crippen molar-refractivity contribution in [3.63, 3.8) is 0 Å². The van der Waals surface area contributed by atoms with Crippen LogP contribution in [0.15, 0.2) is 29.2 Å². The lowest BCUT2D eigenvalue weighted by Crippen LogP contribution is -2.51. The molecule has 1 fully saturated rings. The number of carbonyl (C=O) groups excluding carboxylic acids is 1. The summed E-state index contributed by atoms with van der Waals surface area (Å²) in [7, 11) is 0. The van der Waals surface area contributed by atoms with Crippen LogP contribution in [0.25, 0.3) is 0 Å². The Morgan fingerprint density at radius 1 is 1.39 bits per heavy atom. The minimum atomic E-state index is -0.233. The van der Waals surface area contributed by atoms with Crippen LogP contribution in [-0.2, 0) is 16.0 Å². The molecule has 1 aliphatic heterocycles. The highest BCUT2D eigenvalue weighted by Crippen LogP contribution is 2.17. The molecule has 1 saturated heterocycles. The van der Waals surface area contributed by atoms with Gasteiger partial charge in [0.1, 0.15) is 0 Å². The Bertz CT molecular complexity index is 428. The maximum Gasteiger partial charge on any atom is 0.227 e. The van der Waals surface area contributed by atoms with E-state index in [4.69, 9.17) is 4.74 Å². The summed E-state index contributed by atoms with van der Waals surface area (Å²) in [6, 6.07) is 7.72. The van der Waals surface area contributed by atoms with Gasteiger partial charge in [0.05, 0.1) is 18.6 Å². The quantitative estimate of drug-likeness (QED) is 0.830. The van der Waals surface area contributed by atoms with E-state index in [1.165, 1.54) is 0 Å². The maximum absolute atomic E-state index is 12.2. The Kier molecular flexibility index (Phi) is 3.97. The Morgan fingerprint density at radius 3 is 2.67 bits per heavy atom. The average molecular weight is 265 g/mol. The molecule has 1 aromatic rings. The molecule has 0 radical (unpaired) electrons. The van der Waals surface area contributed by atoms with E-state index in [0.29, 0.717) is 26.1 Å². The lowest BCUT2D eigenvalue weighted by atomic mass is 10.1. The largest absolute Gasteiger partial charge is 0.372 e. The summed E-state index contributed by atoms with van der Waals surface area (Å²) in [5.74, 6) is 0.165. The van der Waals surface area contributed by atoms with Gasteiger partial charge in [-0.15, -0.1) is 12.6 Å². The van der Waals surface area contributed by atoms with E-state index in [0.717, 1.165) is 10.5 Å². The summed E-state index contributed by atoms with van der Waals surface area (Å²) in [5.41, 5.74) is 0.796. The van der Waals surface area contributed by atoms with Gasteiger partial charge in [0, 0.05) is 18.0 Å². The first-order valence-electron chi connectivity index (χ1n) is 6.16. The molecule has 0 aliphatic carbocycles. The number of carbonyl (C=O) groups is 1. The third kappa shape index (κ3) is 3.50. The van der Waals surface area contributed by atoms with Gasteiger partial charge in [0.2, 0.25) is 5.91 Å². The minimum Gasteiger partial charge on any atom is -0.372 e. The summed E-state index contributed by atoms with van der Waals surface area (Å²) < 4.78 is 5.61. The van der Waals surface area contributed by atoms with Crippen LogP contribution in [0.1, 0.15) is 19.4 Å². The molecule has 0 saturated carbocycles. The van der Waals surface area contributed by atoms with Crippen molar-refractivity contribution in [3.8, 4) is 0 Å². The highest BCUT2D eigenvalue weighted by atomic mass is 32.1. The van der Waals surface area contributed by atoms with Gasteiger partial charge >= 0.3 is 0 Å². The van der Waals surface area contributed by atoms with E-state index in [1.807, 2.05) is 43.0 Å². The topological polar surface area (TPSA) is 29.5 Å². The molecule has 0 spiro atoms. The van der Waals surface area contributed by atoms with Crippen LogP contribution in [0.5, 0.6) is 0 Å². The molecule has 4 heteroatoms. The van der Waals surface area contributed by atoms with E-state index in [9.17, 15) is 4.79 Å². The van der Waals surface area contributed by atoms with E-state index in [1.54, 1.807) is 0 Å². The van der Waals surface area contributed by atoms with E-state index < -0.39 is 0 Å². The predicted octanol–water partition coefficient (Wildman–Crippen LogP) is 2.16. The summed E-state index contributed by atoms with van der Waals surface area (Å²) in [6.45, 7) is 6.00. The lowest BCUT2D eigenvalue weighted by Gasteiger charge is -2.38. The fraction of sp³-hybridized carbons (Fsp3) is 0.500. The molecule has 0 N–H and O–H groups in total. The monoisotopic (exact) mass is 265 g/mol. The Hall–Kier alpha value is -1.00. The van der Waals surface area contributed by atoms with Crippen molar-refractivity contribution in [1.29, 1.82) is 0 Å². The van der Waals surface area contributed by atoms with Crippen LogP contribution < -0.4 is 0 Å². The smallest absolute Gasteiger partial charge is 0.227 e. The molecule has 1 aliphatic rings. The predicted molar refractivity (Wildman–Crippen MR) is 74.0 cm³/mol. The summed E-state index contributed by atoms with van der Waals surface area (Å²) in [5, 5.41) is 0. The number of nitrogens with zero attached hydrogens (tertiary/aromatic N) is 1. The molecular formula is C14H19NO2S. The fourth-order valence-corrected chi connectivity index (χ4v) is 2.28. The van der Waals surface area contributed by atoms with Crippen LogP contribution in [0.3, 0.4) is 0 Å². The maximum atomic E-state index is 12.2. The zero-order chi connectivity index (χ0) is 13.2. The summed E-state index contributed by atoms with van der Waals surface area (Å²) in [4.78, 5) is 15.0. The van der Waals surface area contributed by atoms with Crippen molar-refractivity contribution in [2.75, 3.05) is 19.7 Å². The zero-order valence-corrected chi connectivity index (χ0v) is 11.7. The van der Waals surface area contributed by atoms with Crippen molar-refractivity contribution in [1.82, 2.24) is 4.90 Å². The zero-order valence-electron chi connectivity index (χ0n) is 10.8. The van der Waals surface area contributed by atoms with Crippen LogP contribution in [-0.4, -0.2) is 36.1 Å². The van der Waals surface area contributed by atoms with Gasteiger partial charge in [-0.3, -0.25) is 4.79 Å². The van der Waals surface area contributed by atoms with Gasteiger partial charge < -0.3 is 9.64 Å². The van der Waals surface area contributed by atoms with E-state index in [2.05, 4.69) is 12.6 Å². The molecule has 98 valence electrons. The Labute approximate surface area is 114 Å². The first-order chi connectivity index (χ1) is 8.46. The van der Waals surface area contributed by atoms with Gasteiger partial charge in [-0.05, 0) is 31.5 Å². The Morgan fingerprint density at radius 2 is 2.06 bits per heavy atom. The molecule has 1 aromatic carbocycles. The second-order valence-corrected chi connectivity index (χ2v) is 5.78. The van der Waals surface area contributed by atoms with Gasteiger partial charge in [0.15, 0.2) is 0 Å². The molecule has 18 heavy (non-hydrogen) atoms. The second-order valence-electron chi connectivity index (χ2n) is 5.27. The number of ether oxygens (including phenoxy) is 1. The van der Waals surface area contributed by atoms with Gasteiger partial charge in [-0.25, -0.2) is 0 Å². The highest BCUT2D eigenvalue weighted by Gasteiger charge is 2.29. The molecule has 3 nitrogen and oxygen atoms in total. The second kappa shape index (κ2) is 5.33. The molecule has 1 heterocycles. The van der Waals surface area contributed by atoms with Gasteiger partial charge in [0.25, 0.3) is 0 Å². The molecule has 0 aromatic heterocycles. The molecule has 0 unspecified atom stereocenters. The number of hydrogen-bond donors (Lipinski definition) is 1. The van der Waals surface area contributed by atoms with Crippen LogP contribution in [0.4, 0.5) is 0 Å². The number of rotatable bonds is 2. The summed E-state index contributed by atoms with van der Waals surface area (Å²) >= 11 is 4.23. The number of hydrogen-bond acceptors (Lipinski definition) is 3. The summed E-state index contributed by atoms with van der Waals surface area (Å²) in [6.07, 6.45) is 0.449. The first kappa shape index (κ1) is 13.4. The third-order valence-corrected chi connectivity index (χ3v) is 3.37. The fourth-order valence-electron chi connectivity index (χ4n) is 2.13. The minimum absolute atomic E-state index is 0.165. The van der Waals surface area contributed by atoms with E-state index in [-0.39, 0.29) is 11.5 Å². The highest BCUT2D eigenvalue weighted by molar-refractivity contribution is 7.80. The SMILES string of the molecule is CC1(C)CN(C(=O)Cc2ccc(S)cc2)CCO1. The van der Waals surface area contributed by atoms with Crippen molar-refractivity contribution in [2.45, 2.75) is 30.8 Å². The molecule has 2 rings (SSSR count). The Balaban J connectivity index is 1.97. The number of amides is 1. The third-order valence-electron chi connectivity index (χ3n) is 3.07. The van der Waals surface area contributed by atoms with Crippen molar-refractivity contribution < 1.29 is 9.53 Å². The molecular weight excluding hydrogens is 246 g/mol. The van der Waals surface area contributed by atoms with Crippen LogP contribution >= 0.6 is 12.6 Å². The molecule has 0 bridgehead atoms. The van der Waals surface area contributed by atoms with Crippen molar-refractivity contribution in [3.05, 3.63) is 29.8 Å². The van der Waals surface area contributed by atoms with Gasteiger partial charge in [-0.1, -0.05) is 12.1 Å². The van der Waals surface area contributed by atoms with Crippen molar-refractivity contribution >= 4 is 18.5 Å². The first-order valence-corrected chi connectivity index (χ1v) is 6.61. The number of morpholine rings is 1. The number of benzene rings is 1. The van der Waals surface area contributed by atoms with Gasteiger partial charge in [-0.2, -0.15) is 0 Å². The van der Waals surface area contributed by atoms with Crippen LogP contribution in [0, 0.1) is 0 Å². The average Bonchev–Trinajstić information content (AvgIpc) is 2.31. The van der Waals surface area contributed by atoms with Crippen LogP contribution in [0.2, 0.25) is 0 Å².